The summed E-state index contributed by atoms with van der Waals surface area (Å²) in [6.45, 7) is 0. The Morgan fingerprint density at radius 2 is 1.00 bits per heavy atom. The van der Waals surface area contributed by atoms with E-state index < -0.39 is 0 Å². The molecule has 0 amide bonds. The van der Waals surface area contributed by atoms with Crippen LogP contribution in [0, 0.1) is 0 Å². The van der Waals surface area contributed by atoms with Crippen LogP contribution in [0.1, 0.15) is 0 Å². The first-order chi connectivity index (χ1) is 0. The van der Waals surface area contributed by atoms with Crippen LogP contribution in [0.4, 0.5) is 0 Å². The van der Waals surface area contributed by atoms with Crippen LogP contribution in [0.25, 0.3) is 0 Å². The molecular formula is CuLiNiO+3. The normalized spacial score (nSPS) is 0. The van der Waals surface area contributed by atoms with E-state index in [4.69, 9.17) is 0 Å². The molecule has 0 saturated heterocycles. The molecule has 0 aliphatic heterocycles. The van der Waals surface area contributed by atoms with Crippen molar-refractivity contribution in [3.8, 4) is 0 Å². The predicted molar refractivity (Wildman–Crippen MR) is 0.686 cm³/mol. The molecule has 4 heteroatoms. The van der Waals surface area contributed by atoms with Crippen molar-refractivity contribution in [2.24, 2.45) is 0 Å². The Bertz CT molecular complexity index is 8.00. The van der Waals surface area contributed by atoms with Crippen molar-refractivity contribution < 1.29 is 57.9 Å². The first kappa shape index (κ1) is 47.2. The molecule has 1 radical (unpaired) electrons. The van der Waals surface area contributed by atoms with Crippen molar-refractivity contribution in [3.63, 3.8) is 0 Å². The van der Waals surface area contributed by atoms with E-state index in [0.29, 0.717) is 0 Å². The maximum absolute atomic E-state index is 0. The van der Waals surface area contributed by atoms with Crippen molar-refractivity contribution in [1.29, 1.82) is 0 Å². The monoisotopic (exact) mass is 144 g/mol. The summed E-state index contributed by atoms with van der Waals surface area (Å²) in [4.78, 5) is 0. The predicted octanol–water partition coefficient (Wildman–Crippen LogP) is -3.12. The molecule has 0 spiro atoms. The van der Waals surface area contributed by atoms with Gasteiger partial charge in [-0.2, -0.15) is 0 Å². The summed E-state index contributed by atoms with van der Waals surface area (Å²) < 4.78 is 0. The molecule has 0 aromatic carbocycles. The van der Waals surface area contributed by atoms with Gasteiger partial charge >= 0.3 is 52.4 Å². The third kappa shape index (κ3) is 9.57. The summed E-state index contributed by atoms with van der Waals surface area (Å²) in [6, 6.07) is 0. The second kappa shape index (κ2) is 23.6. The Morgan fingerprint density at radius 3 is 1.00 bits per heavy atom. The molecule has 0 fully saturated rings. The molecule has 0 aromatic rings. The zero-order valence-electron chi connectivity index (χ0n) is 2.03. The summed E-state index contributed by atoms with van der Waals surface area (Å²) in [5.74, 6) is 0. The van der Waals surface area contributed by atoms with E-state index in [2.05, 4.69) is 0 Å². The molecule has 0 aromatic heterocycles. The maximum Gasteiger partial charge on any atom is 2.00 e. The molecule has 0 atom stereocenters. The van der Waals surface area contributed by atoms with Crippen molar-refractivity contribution in [1.82, 2.24) is 0 Å². The van der Waals surface area contributed by atoms with Crippen LogP contribution in [0.3, 0.4) is 0 Å². The van der Waals surface area contributed by atoms with E-state index in [1.54, 1.807) is 0 Å². The number of hydrogen-bond acceptors (Lipinski definition) is 0. The third-order valence-corrected chi connectivity index (χ3v) is 0. The quantitative estimate of drug-likeness (QED) is 0.323. The molecule has 0 aliphatic rings. The van der Waals surface area contributed by atoms with Crippen molar-refractivity contribution in [2.45, 2.75) is 0 Å². The molecule has 0 rings (SSSR count). The molecule has 0 unspecified atom stereocenters. The third-order valence-electron chi connectivity index (χ3n) is 0. The minimum Gasteiger partial charge on any atom is -2.00 e. The Balaban J connectivity index is 0. The summed E-state index contributed by atoms with van der Waals surface area (Å²) >= 11 is 0. The van der Waals surface area contributed by atoms with Gasteiger partial charge in [-0.15, -0.1) is 0 Å². The van der Waals surface area contributed by atoms with Gasteiger partial charge in [-0.05, 0) is 0 Å². The van der Waals surface area contributed by atoms with Gasteiger partial charge < -0.3 is 5.48 Å². The standard InChI is InChI=1S/Cu.Li.Ni.O/q+2;+1;+2;-2. The molecule has 1 nitrogen and oxygen atoms in total. The van der Waals surface area contributed by atoms with Crippen LogP contribution in [-0.2, 0) is 39.0 Å². The van der Waals surface area contributed by atoms with Crippen LogP contribution in [0.2, 0.25) is 0 Å². The van der Waals surface area contributed by atoms with Gasteiger partial charge in [0.2, 0.25) is 0 Å². The maximum atomic E-state index is 0. The fraction of sp³-hybridized carbons (Fsp3) is 0. The van der Waals surface area contributed by atoms with Gasteiger partial charge in [0.05, 0.1) is 0 Å². The minimum atomic E-state index is 0. The minimum absolute atomic E-state index is 0. The van der Waals surface area contributed by atoms with Gasteiger partial charge in [0.1, 0.15) is 0 Å². The summed E-state index contributed by atoms with van der Waals surface area (Å²) in [7, 11) is 0. The van der Waals surface area contributed by atoms with Gasteiger partial charge in [-0.25, -0.2) is 0 Å². The zero-order valence-corrected chi connectivity index (χ0v) is 3.96. The van der Waals surface area contributed by atoms with E-state index in [-0.39, 0.29) is 57.9 Å². The second-order valence-electron chi connectivity index (χ2n) is 0. The summed E-state index contributed by atoms with van der Waals surface area (Å²) in [6.07, 6.45) is 0. The van der Waals surface area contributed by atoms with Gasteiger partial charge in [-0.3, -0.25) is 0 Å². The number of rotatable bonds is 0. The molecular weight excluding hydrogens is 145 g/mol. The average Bonchev–Trinajstić information content (AvgIpc) is 0. The largest absolute Gasteiger partial charge is 2.00 e. The Morgan fingerprint density at radius 1 is 1.00 bits per heavy atom. The van der Waals surface area contributed by atoms with Crippen LogP contribution in [-0.4, -0.2) is 0 Å². The fourth-order valence-electron chi connectivity index (χ4n) is 0. The summed E-state index contributed by atoms with van der Waals surface area (Å²) in [5.41, 5.74) is 0. The SMILES string of the molecule is [Cu+2].[Li+].[Ni+2].[O-2]. The van der Waals surface area contributed by atoms with E-state index >= 15 is 0 Å². The fourth-order valence-corrected chi connectivity index (χ4v) is 0. The molecule has 0 N–H and O–H groups in total. The summed E-state index contributed by atoms with van der Waals surface area (Å²) in [5, 5.41) is 0. The van der Waals surface area contributed by atoms with E-state index in [0.717, 1.165) is 0 Å². The Kier molecular flexibility index (Phi) is 279. The van der Waals surface area contributed by atoms with Crippen LogP contribution in [0.5, 0.6) is 0 Å². The average molecular weight is 145 g/mol. The first-order valence-electron chi connectivity index (χ1n) is 0. The van der Waals surface area contributed by atoms with E-state index in [9.17, 15) is 0 Å². The first-order valence-corrected chi connectivity index (χ1v) is 0. The van der Waals surface area contributed by atoms with E-state index in [1.165, 1.54) is 0 Å². The number of hydrogen-bond donors (Lipinski definition) is 0. The van der Waals surface area contributed by atoms with Gasteiger partial charge in [0.25, 0.3) is 0 Å². The topological polar surface area (TPSA) is 28.5 Å². The molecule has 0 aliphatic carbocycles. The van der Waals surface area contributed by atoms with Crippen LogP contribution in [0.15, 0.2) is 0 Å². The van der Waals surface area contributed by atoms with Gasteiger partial charge in [0.15, 0.2) is 0 Å². The second-order valence-corrected chi connectivity index (χ2v) is 0. The Labute approximate surface area is 57.8 Å². The van der Waals surface area contributed by atoms with Crippen molar-refractivity contribution in [3.05, 3.63) is 0 Å². The molecule has 0 heterocycles. The Hall–Kier alpha value is 1.57. The molecule has 0 saturated carbocycles. The van der Waals surface area contributed by atoms with Crippen molar-refractivity contribution in [2.75, 3.05) is 0 Å². The van der Waals surface area contributed by atoms with Crippen LogP contribution >= 0.6 is 0 Å². The van der Waals surface area contributed by atoms with Crippen LogP contribution < -0.4 is 18.9 Å². The zero-order chi connectivity index (χ0) is 0. The molecule has 4 heavy (non-hydrogen) atoms. The molecule has 0 bridgehead atoms. The molecule has 25 valence electrons. The van der Waals surface area contributed by atoms with Crippen molar-refractivity contribution >= 4 is 0 Å². The van der Waals surface area contributed by atoms with Gasteiger partial charge in [-0.1, -0.05) is 0 Å². The van der Waals surface area contributed by atoms with Gasteiger partial charge in [0, 0.05) is 0 Å². The van der Waals surface area contributed by atoms with E-state index in [1.807, 2.05) is 0 Å². The smallest absolute Gasteiger partial charge is 2.00 e.